The van der Waals surface area contributed by atoms with Crippen molar-refractivity contribution in [1.29, 1.82) is 0 Å². The van der Waals surface area contributed by atoms with Crippen molar-refractivity contribution in [3.63, 3.8) is 0 Å². The molecule has 0 aliphatic rings. The number of carbonyl (C=O) groups is 1. The third-order valence-electron chi connectivity index (χ3n) is 2.71. The van der Waals surface area contributed by atoms with Crippen molar-refractivity contribution >= 4 is 11.6 Å². The molecule has 1 aromatic carbocycles. The summed E-state index contributed by atoms with van der Waals surface area (Å²) >= 11 is 0. The molecule has 0 radical (unpaired) electrons. The summed E-state index contributed by atoms with van der Waals surface area (Å²) in [5.41, 5.74) is 7.94. The SMILES string of the molecule is Cc1ccc(N)cc1C(=O)NC(C)CC(C)C. The lowest BCUT2D eigenvalue weighted by Gasteiger charge is -2.16. The average molecular weight is 234 g/mol. The van der Waals surface area contributed by atoms with Gasteiger partial charge in [-0.15, -0.1) is 0 Å². The maximum atomic E-state index is 12.0. The van der Waals surface area contributed by atoms with Crippen LogP contribution in [0.1, 0.15) is 43.1 Å². The molecule has 0 saturated carbocycles. The van der Waals surface area contributed by atoms with Gasteiger partial charge in [-0.25, -0.2) is 0 Å². The van der Waals surface area contributed by atoms with Gasteiger partial charge in [-0.2, -0.15) is 0 Å². The highest BCUT2D eigenvalue weighted by Gasteiger charge is 2.13. The van der Waals surface area contributed by atoms with E-state index < -0.39 is 0 Å². The Morgan fingerprint density at radius 1 is 1.35 bits per heavy atom. The number of benzene rings is 1. The fraction of sp³-hybridized carbons (Fsp3) is 0.500. The van der Waals surface area contributed by atoms with Gasteiger partial charge in [-0.3, -0.25) is 4.79 Å². The summed E-state index contributed by atoms with van der Waals surface area (Å²) in [6.07, 6.45) is 0.979. The van der Waals surface area contributed by atoms with Gasteiger partial charge in [0.05, 0.1) is 0 Å². The molecule has 0 aliphatic heterocycles. The van der Waals surface area contributed by atoms with Gasteiger partial charge < -0.3 is 11.1 Å². The molecule has 3 N–H and O–H groups in total. The fourth-order valence-corrected chi connectivity index (χ4v) is 1.95. The van der Waals surface area contributed by atoms with E-state index in [2.05, 4.69) is 19.2 Å². The predicted octanol–water partition coefficient (Wildman–Crippen LogP) is 2.74. The van der Waals surface area contributed by atoms with Gasteiger partial charge in [0.2, 0.25) is 0 Å². The van der Waals surface area contributed by atoms with Gasteiger partial charge in [-0.05, 0) is 43.9 Å². The highest BCUT2D eigenvalue weighted by molar-refractivity contribution is 5.96. The van der Waals surface area contributed by atoms with E-state index in [0.29, 0.717) is 17.2 Å². The van der Waals surface area contributed by atoms with E-state index in [1.54, 1.807) is 6.07 Å². The smallest absolute Gasteiger partial charge is 0.251 e. The Morgan fingerprint density at radius 2 is 2.00 bits per heavy atom. The molecule has 1 aromatic rings. The molecule has 17 heavy (non-hydrogen) atoms. The molecule has 3 nitrogen and oxygen atoms in total. The average Bonchev–Trinajstić information content (AvgIpc) is 2.20. The first-order chi connectivity index (χ1) is 7.90. The third-order valence-corrected chi connectivity index (χ3v) is 2.71. The minimum absolute atomic E-state index is 0.0389. The predicted molar refractivity (Wildman–Crippen MR) is 72.0 cm³/mol. The van der Waals surface area contributed by atoms with Crippen molar-refractivity contribution in [2.24, 2.45) is 5.92 Å². The van der Waals surface area contributed by atoms with Crippen LogP contribution in [0.15, 0.2) is 18.2 Å². The molecule has 0 aromatic heterocycles. The maximum absolute atomic E-state index is 12.0. The van der Waals surface area contributed by atoms with E-state index in [-0.39, 0.29) is 11.9 Å². The van der Waals surface area contributed by atoms with Crippen molar-refractivity contribution in [2.45, 2.75) is 40.2 Å². The lowest BCUT2D eigenvalue weighted by atomic mass is 10.0. The first kappa shape index (κ1) is 13.6. The molecule has 0 fully saturated rings. The number of aryl methyl sites for hydroxylation is 1. The summed E-state index contributed by atoms with van der Waals surface area (Å²) in [5, 5.41) is 3.00. The van der Waals surface area contributed by atoms with E-state index in [1.165, 1.54) is 0 Å². The summed E-state index contributed by atoms with van der Waals surface area (Å²) in [6.45, 7) is 8.24. The number of amides is 1. The van der Waals surface area contributed by atoms with E-state index in [4.69, 9.17) is 5.73 Å². The van der Waals surface area contributed by atoms with Crippen molar-refractivity contribution in [1.82, 2.24) is 5.32 Å². The minimum atomic E-state index is -0.0389. The number of nitrogen functional groups attached to an aromatic ring is 1. The number of anilines is 1. The normalized spacial score (nSPS) is 12.5. The van der Waals surface area contributed by atoms with Gasteiger partial charge in [-0.1, -0.05) is 19.9 Å². The van der Waals surface area contributed by atoms with Gasteiger partial charge in [0.1, 0.15) is 0 Å². The molecule has 94 valence electrons. The standard InChI is InChI=1S/C14H22N2O/c1-9(2)7-11(4)16-14(17)13-8-12(15)6-5-10(13)3/h5-6,8-9,11H,7,15H2,1-4H3,(H,16,17). The van der Waals surface area contributed by atoms with Crippen LogP contribution >= 0.6 is 0 Å². The number of nitrogens with one attached hydrogen (secondary N) is 1. The molecular weight excluding hydrogens is 212 g/mol. The zero-order valence-corrected chi connectivity index (χ0v) is 11.1. The lowest BCUT2D eigenvalue weighted by Crippen LogP contribution is -2.33. The Hall–Kier alpha value is -1.51. The van der Waals surface area contributed by atoms with Crippen LogP contribution in [0.5, 0.6) is 0 Å². The molecule has 0 saturated heterocycles. The van der Waals surface area contributed by atoms with E-state index in [9.17, 15) is 4.79 Å². The van der Waals surface area contributed by atoms with Crippen LogP contribution in [0.2, 0.25) is 0 Å². The molecule has 3 heteroatoms. The second-order valence-corrected chi connectivity index (χ2v) is 5.08. The van der Waals surface area contributed by atoms with Gasteiger partial charge in [0.25, 0.3) is 5.91 Å². The second kappa shape index (κ2) is 5.71. The molecular formula is C14H22N2O. The van der Waals surface area contributed by atoms with Gasteiger partial charge >= 0.3 is 0 Å². The Morgan fingerprint density at radius 3 is 2.59 bits per heavy atom. The van der Waals surface area contributed by atoms with Crippen LogP contribution in [0.4, 0.5) is 5.69 Å². The first-order valence-electron chi connectivity index (χ1n) is 6.07. The van der Waals surface area contributed by atoms with Gasteiger partial charge in [0.15, 0.2) is 0 Å². The summed E-state index contributed by atoms with van der Waals surface area (Å²) < 4.78 is 0. The maximum Gasteiger partial charge on any atom is 0.251 e. The van der Waals surface area contributed by atoms with Crippen LogP contribution < -0.4 is 11.1 Å². The second-order valence-electron chi connectivity index (χ2n) is 5.08. The number of rotatable bonds is 4. The third kappa shape index (κ3) is 4.10. The largest absolute Gasteiger partial charge is 0.399 e. The summed E-state index contributed by atoms with van der Waals surface area (Å²) in [4.78, 5) is 12.0. The Labute approximate surface area is 103 Å². The number of hydrogen-bond acceptors (Lipinski definition) is 2. The molecule has 1 atom stereocenters. The number of hydrogen-bond donors (Lipinski definition) is 2. The Balaban J connectivity index is 2.73. The van der Waals surface area contributed by atoms with Crippen molar-refractivity contribution in [3.8, 4) is 0 Å². The van der Waals surface area contributed by atoms with E-state index in [0.717, 1.165) is 12.0 Å². The van der Waals surface area contributed by atoms with Crippen LogP contribution in [0, 0.1) is 12.8 Å². The van der Waals surface area contributed by atoms with Crippen LogP contribution in [0.25, 0.3) is 0 Å². The minimum Gasteiger partial charge on any atom is -0.399 e. The van der Waals surface area contributed by atoms with Crippen LogP contribution in [-0.4, -0.2) is 11.9 Å². The lowest BCUT2D eigenvalue weighted by molar-refractivity contribution is 0.0935. The highest BCUT2D eigenvalue weighted by Crippen LogP contribution is 2.13. The molecule has 0 heterocycles. The monoisotopic (exact) mass is 234 g/mol. The van der Waals surface area contributed by atoms with Crippen LogP contribution in [-0.2, 0) is 0 Å². The van der Waals surface area contributed by atoms with E-state index >= 15 is 0 Å². The summed E-state index contributed by atoms with van der Waals surface area (Å²) in [7, 11) is 0. The summed E-state index contributed by atoms with van der Waals surface area (Å²) in [6, 6.07) is 5.59. The van der Waals surface area contributed by atoms with Crippen molar-refractivity contribution < 1.29 is 4.79 Å². The zero-order valence-electron chi connectivity index (χ0n) is 11.1. The molecule has 0 bridgehead atoms. The molecule has 0 aliphatic carbocycles. The molecule has 1 unspecified atom stereocenters. The number of carbonyl (C=O) groups excluding carboxylic acids is 1. The molecule has 1 amide bonds. The number of nitrogens with two attached hydrogens (primary N) is 1. The Kier molecular flexibility index (Phi) is 4.55. The van der Waals surface area contributed by atoms with Gasteiger partial charge in [0, 0.05) is 17.3 Å². The zero-order chi connectivity index (χ0) is 13.0. The topological polar surface area (TPSA) is 55.1 Å². The van der Waals surface area contributed by atoms with Crippen molar-refractivity contribution in [2.75, 3.05) is 5.73 Å². The molecule has 1 rings (SSSR count). The van der Waals surface area contributed by atoms with Crippen LogP contribution in [0.3, 0.4) is 0 Å². The summed E-state index contributed by atoms with van der Waals surface area (Å²) in [5.74, 6) is 0.537. The van der Waals surface area contributed by atoms with Crippen molar-refractivity contribution in [3.05, 3.63) is 29.3 Å². The quantitative estimate of drug-likeness (QED) is 0.787. The molecule has 0 spiro atoms. The highest BCUT2D eigenvalue weighted by atomic mass is 16.1. The first-order valence-corrected chi connectivity index (χ1v) is 6.07. The Bertz CT molecular complexity index is 399. The van der Waals surface area contributed by atoms with E-state index in [1.807, 2.05) is 26.0 Å². The fourth-order valence-electron chi connectivity index (χ4n) is 1.95.